The molecule has 0 spiro atoms. The normalized spacial score (nSPS) is 15.1. The van der Waals surface area contributed by atoms with Crippen LogP contribution in [0.4, 0.5) is 45.5 Å². The van der Waals surface area contributed by atoms with Crippen molar-refractivity contribution >= 4 is 45.5 Å². The second-order valence-corrected chi connectivity index (χ2v) is 16.9. The van der Waals surface area contributed by atoms with Crippen molar-refractivity contribution in [2.24, 2.45) is 0 Å². The largest absolute Gasteiger partial charge is 0.291 e. The fourth-order valence-corrected chi connectivity index (χ4v) is 8.10. The Kier molecular flexibility index (Phi) is 9.35. The maximum Gasteiger partial charge on any atom is 0.166 e. The van der Waals surface area contributed by atoms with Crippen LogP contribution in [0.2, 0.25) is 0 Å². The summed E-state index contributed by atoms with van der Waals surface area (Å²) in [6.07, 6.45) is 0. The number of nitrogens with zero attached hydrogens (tertiary/aromatic N) is 4. The van der Waals surface area contributed by atoms with Crippen molar-refractivity contribution in [3.05, 3.63) is 176 Å². The number of benzene rings is 6. The topological polar surface area (TPSA) is 13.0 Å². The number of anilines is 8. The van der Waals surface area contributed by atoms with Crippen LogP contribution in [-0.2, 0) is 0 Å². The van der Waals surface area contributed by atoms with E-state index >= 15 is 0 Å². The zero-order chi connectivity index (χ0) is 39.7. The van der Waals surface area contributed by atoms with Crippen LogP contribution in [0.25, 0.3) is 0 Å². The minimum atomic E-state index is 0.373. The van der Waals surface area contributed by atoms with E-state index in [2.05, 4.69) is 212 Å². The summed E-state index contributed by atoms with van der Waals surface area (Å²) in [5, 5.41) is 0. The van der Waals surface area contributed by atoms with E-state index in [0.717, 1.165) is 45.8 Å². The lowest BCUT2D eigenvalue weighted by atomic mass is 10.0. The molecule has 0 aromatic heterocycles. The second kappa shape index (κ2) is 14.1. The molecule has 56 heavy (non-hydrogen) atoms. The van der Waals surface area contributed by atoms with Gasteiger partial charge in [0.2, 0.25) is 0 Å². The summed E-state index contributed by atoms with van der Waals surface area (Å²) >= 11 is 0. The zero-order valence-corrected chi connectivity index (χ0v) is 35.3. The van der Waals surface area contributed by atoms with Crippen molar-refractivity contribution in [2.75, 3.05) is 19.6 Å². The molecule has 0 atom stereocenters. The highest BCUT2D eigenvalue weighted by molar-refractivity contribution is 6.00. The number of aryl methyl sites for hydroxylation is 8. The van der Waals surface area contributed by atoms with Crippen LogP contribution < -0.4 is 19.6 Å². The summed E-state index contributed by atoms with van der Waals surface area (Å²) in [7, 11) is 0. The summed E-state index contributed by atoms with van der Waals surface area (Å²) in [4.78, 5) is 10.1. The molecule has 4 heteroatoms. The molecule has 0 unspecified atom stereocenters. The predicted molar refractivity (Wildman–Crippen MR) is 240 cm³/mol. The van der Waals surface area contributed by atoms with Crippen LogP contribution in [0.5, 0.6) is 0 Å². The molecular formula is C52H56N4. The van der Waals surface area contributed by atoms with Gasteiger partial charge in [-0.05, 0) is 196 Å². The number of hydrogen-bond donors (Lipinski definition) is 0. The lowest BCUT2D eigenvalue weighted by molar-refractivity contribution is 0.867. The SMILES string of the molecule is Cc1ccc(N2/C(=C3/N(c4ccc(C)c(C)c4)c4ccc(C(C)C)cc4N3c3ccc(C)c(C)c3)N(c3ccc(C)c(C)c3)c3cc(C(C)C)ccc32)cc1C. The van der Waals surface area contributed by atoms with E-state index in [0.29, 0.717) is 11.8 Å². The molecular weight excluding hydrogens is 681 g/mol. The molecule has 2 heterocycles. The maximum atomic E-state index is 2.54. The summed E-state index contributed by atoms with van der Waals surface area (Å²) in [6, 6.07) is 42.0. The van der Waals surface area contributed by atoms with Crippen molar-refractivity contribution in [1.29, 1.82) is 0 Å². The first-order valence-electron chi connectivity index (χ1n) is 20.2. The van der Waals surface area contributed by atoms with Crippen LogP contribution in [-0.4, -0.2) is 0 Å². The van der Waals surface area contributed by atoms with Gasteiger partial charge >= 0.3 is 0 Å². The first-order chi connectivity index (χ1) is 26.7. The average molecular weight is 737 g/mol. The van der Waals surface area contributed by atoms with Gasteiger partial charge in [-0.3, -0.25) is 19.6 Å². The molecule has 0 aliphatic carbocycles. The Hall–Kier alpha value is -5.74. The highest BCUT2D eigenvalue weighted by atomic mass is 15.5. The van der Waals surface area contributed by atoms with Crippen molar-refractivity contribution in [3.63, 3.8) is 0 Å². The van der Waals surface area contributed by atoms with Gasteiger partial charge in [0.05, 0.1) is 22.7 Å². The molecule has 0 saturated carbocycles. The van der Waals surface area contributed by atoms with E-state index in [1.807, 2.05) is 0 Å². The van der Waals surface area contributed by atoms with Crippen LogP contribution in [0.3, 0.4) is 0 Å². The maximum absolute atomic E-state index is 2.54. The van der Waals surface area contributed by atoms with Crippen LogP contribution >= 0.6 is 0 Å². The van der Waals surface area contributed by atoms with E-state index in [9.17, 15) is 0 Å². The lowest BCUT2D eigenvalue weighted by Gasteiger charge is -2.34. The molecule has 4 nitrogen and oxygen atoms in total. The van der Waals surface area contributed by atoms with E-state index in [-0.39, 0.29) is 0 Å². The summed E-state index contributed by atoms with van der Waals surface area (Å²) < 4.78 is 0. The molecule has 2 aliphatic rings. The fourth-order valence-electron chi connectivity index (χ4n) is 8.10. The third kappa shape index (κ3) is 6.16. The number of rotatable bonds is 6. The van der Waals surface area contributed by atoms with Crippen LogP contribution in [0.15, 0.2) is 121 Å². The monoisotopic (exact) mass is 736 g/mol. The molecule has 0 N–H and O–H groups in total. The fraction of sp³-hybridized carbons (Fsp3) is 0.269. The molecule has 6 aromatic rings. The van der Waals surface area contributed by atoms with Gasteiger partial charge < -0.3 is 0 Å². The van der Waals surface area contributed by atoms with Gasteiger partial charge in [-0.25, -0.2) is 0 Å². The van der Waals surface area contributed by atoms with Crippen molar-refractivity contribution in [3.8, 4) is 0 Å². The van der Waals surface area contributed by atoms with Crippen molar-refractivity contribution in [2.45, 2.75) is 94.9 Å². The van der Waals surface area contributed by atoms with E-state index in [4.69, 9.17) is 0 Å². The number of fused-ring (bicyclic) bond motifs is 2. The molecule has 0 saturated heterocycles. The quantitative estimate of drug-likeness (QED) is 0.169. The Labute approximate surface area is 335 Å². The van der Waals surface area contributed by atoms with Crippen LogP contribution in [0, 0.1) is 55.4 Å². The molecule has 2 aliphatic heterocycles. The Balaban J connectivity index is 1.58. The van der Waals surface area contributed by atoms with Gasteiger partial charge in [0, 0.05) is 22.7 Å². The van der Waals surface area contributed by atoms with E-state index in [1.54, 1.807) is 0 Å². The van der Waals surface area contributed by atoms with Gasteiger partial charge in [0.1, 0.15) is 0 Å². The van der Waals surface area contributed by atoms with Crippen molar-refractivity contribution < 1.29 is 0 Å². The second-order valence-electron chi connectivity index (χ2n) is 16.9. The summed E-state index contributed by atoms with van der Waals surface area (Å²) in [5.41, 5.74) is 22.1. The first kappa shape index (κ1) is 37.2. The standard InChI is InChI=1S/C52H56N4/c1-31(2)41-17-23-47-49(29-41)55(45-21-15-35(7)39(11)27-45)51(53(47)43-19-13-33(5)37(9)25-43)52-54(44-20-14-34(6)38(10)26-44)48-24-18-42(32(3)4)30-50(48)56(52)46-22-16-36(8)40(12)28-46/h13-32H,1-12H3/b52-51+. The van der Waals surface area contributed by atoms with Gasteiger partial charge in [-0.15, -0.1) is 0 Å². The molecule has 6 aromatic carbocycles. The summed E-state index contributed by atoms with van der Waals surface area (Å²) in [5.74, 6) is 2.92. The smallest absolute Gasteiger partial charge is 0.166 e. The Morgan fingerprint density at radius 3 is 0.804 bits per heavy atom. The van der Waals surface area contributed by atoms with Crippen molar-refractivity contribution in [1.82, 2.24) is 0 Å². The minimum Gasteiger partial charge on any atom is -0.291 e. The lowest BCUT2D eigenvalue weighted by Crippen LogP contribution is -2.33. The zero-order valence-electron chi connectivity index (χ0n) is 35.3. The molecule has 8 rings (SSSR count). The van der Waals surface area contributed by atoms with Gasteiger partial charge in [0.15, 0.2) is 11.6 Å². The van der Waals surface area contributed by atoms with E-state index < -0.39 is 0 Å². The molecule has 0 radical (unpaired) electrons. The van der Waals surface area contributed by atoms with Crippen LogP contribution in [0.1, 0.15) is 95.2 Å². The number of hydrogen-bond acceptors (Lipinski definition) is 4. The molecule has 0 bridgehead atoms. The highest BCUT2D eigenvalue weighted by Crippen LogP contribution is 2.58. The Bertz CT molecular complexity index is 2380. The van der Waals surface area contributed by atoms with Gasteiger partial charge in [-0.1, -0.05) is 64.1 Å². The predicted octanol–water partition coefficient (Wildman–Crippen LogP) is 14.8. The highest BCUT2D eigenvalue weighted by Gasteiger charge is 2.45. The minimum absolute atomic E-state index is 0.373. The van der Waals surface area contributed by atoms with E-state index in [1.165, 1.54) is 67.0 Å². The third-order valence-electron chi connectivity index (χ3n) is 12.3. The Morgan fingerprint density at radius 2 is 0.554 bits per heavy atom. The molecule has 0 fully saturated rings. The first-order valence-corrected chi connectivity index (χ1v) is 20.2. The third-order valence-corrected chi connectivity index (χ3v) is 12.3. The van der Waals surface area contributed by atoms with Gasteiger partial charge in [-0.2, -0.15) is 0 Å². The Morgan fingerprint density at radius 1 is 0.286 bits per heavy atom. The summed E-state index contributed by atoms with van der Waals surface area (Å²) in [6.45, 7) is 26.9. The molecule has 0 amide bonds. The molecule has 284 valence electrons. The van der Waals surface area contributed by atoms with Gasteiger partial charge in [0.25, 0.3) is 0 Å². The average Bonchev–Trinajstić information content (AvgIpc) is 3.68.